The van der Waals surface area contributed by atoms with Crippen LogP contribution >= 0.6 is 27.7 Å². The Bertz CT molecular complexity index is 646. The lowest BCUT2D eigenvalue weighted by Gasteiger charge is -2.07. The molecule has 2 aromatic rings. The van der Waals surface area contributed by atoms with E-state index in [0.29, 0.717) is 18.1 Å². The van der Waals surface area contributed by atoms with Gasteiger partial charge in [-0.15, -0.1) is 11.8 Å². The van der Waals surface area contributed by atoms with Gasteiger partial charge in [-0.05, 0) is 30.2 Å². The Balaban J connectivity index is 1.72. The summed E-state index contributed by atoms with van der Waals surface area (Å²) in [6.45, 7) is 2.58. The predicted molar refractivity (Wildman–Crippen MR) is 93.3 cm³/mol. The number of thioether (sulfide) groups is 1. The van der Waals surface area contributed by atoms with Gasteiger partial charge in [0.15, 0.2) is 0 Å². The van der Waals surface area contributed by atoms with Gasteiger partial charge >= 0.3 is 0 Å². The molecule has 5 heteroatoms. The van der Waals surface area contributed by atoms with E-state index in [9.17, 15) is 9.18 Å². The van der Waals surface area contributed by atoms with E-state index in [-0.39, 0.29) is 11.7 Å². The smallest absolute Gasteiger partial charge is 0.230 e. The maximum absolute atomic E-state index is 13.0. The van der Waals surface area contributed by atoms with Crippen molar-refractivity contribution in [3.8, 4) is 0 Å². The zero-order valence-electron chi connectivity index (χ0n) is 12.2. The van der Waals surface area contributed by atoms with E-state index in [2.05, 4.69) is 21.2 Å². The summed E-state index contributed by atoms with van der Waals surface area (Å²) in [5, 5.41) is 2.90. The number of benzene rings is 2. The van der Waals surface area contributed by atoms with Crippen LogP contribution in [0.5, 0.6) is 0 Å². The average Bonchev–Trinajstić information content (AvgIpc) is 2.49. The Morgan fingerprint density at radius 3 is 2.64 bits per heavy atom. The van der Waals surface area contributed by atoms with Crippen molar-refractivity contribution in [2.24, 2.45) is 0 Å². The van der Waals surface area contributed by atoms with Crippen LogP contribution in [0.1, 0.15) is 16.7 Å². The quantitative estimate of drug-likeness (QED) is 0.800. The Morgan fingerprint density at radius 1 is 1.23 bits per heavy atom. The summed E-state index contributed by atoms with van der Waals surface area (Å²) in [5.74, 6) is 0.786. The molecule has 0 saturated heterocycles. The lowest BCUT2D eigenvalue weighted by atomic mass is 10.1. The molecule has 0 saturated carbocycles. The molecule has 1 amide bonds. The maximum Gasteiger partial charge on any atom is 0.230 e. The standard InChI is InChI=1S/C17H17BrFNOS/c1-12-2-4-13(5-3-12)9-20-17(21)11-22-10-14-6-7-15(19)8-16(14)18/h2-8H,9-11H2,1H3,(H,20,21). The lowest BCUT2D eigenvalue weighted by Crippen LogP contribution is -2.24. The molecule has 0 bridgehead atoms. The molecule has 0 atom stereocenters. The maximum atomic E-state index is 13.0. The highest BCUT2D eigenvalue weighted by Crippen LogP contribution is 2.22. The number of amides is 1. The summed E-state index contributed by atoms with van der Waals surface area (Å²) in [6, 6.07) is 12.7. The van der Waals surface area contributed by atoms with Gasteiger partial charge in [-0.1, -0.05) is 51.8 Å². The Kier molecular flexibility index (Phi) is 6.46. The Morgan fingerprint density at radius 2 is 1.95 bits per heavy atom. The number of carbonyl (C=O) groups excluding carboxylic acids is 1. The van der Waals surface area contributed by atoms with Gasteiger partial charge in [0, 0.05) is 16.8 Å². The number of aryl methyl sites for hydroxylation is 1. The molecule has 2 rings (SSSR count). The highest BCUT2D eigenvalue weighted by molar-refractivity contribution is 9.10. The molecule has 0 heterocycles. The first-order valence-corrected chi connectivity index (χ1v) is 8.83. The minimum atomic E-state index is -0.267. The number of carbonyl (C=O) groups is 1. The molecule has 2 nitrogen and oxygen atoms in total. The molecule has 0 aromatic heterocycles. The number of rotatable bonds is 6. The molecule has 0 aliphatic carbocycles. The monoisotopic (exact) mass is 381 g/mol. The molecule has 0 unspecified atom stereocenters. The first kappa shape index (κ1) is 17.0. The minimum Gasteiger partial charge on any atom is -0.351 e. The van der Waals surface area contributed by atoms with E-state index >= 15 is 0 Å². The third kappa shape index (κ3) is 5.46. The van der Waals surface area contributed by atoms with Gasteiger partial charge in [-0.2, -0.15) is 0 Å². The van der Waals surface area contributed by atoms with E-state index in [1.165, 1.54) is 29.5 Å². The lowest BCUT2D eigenvalue weighted by molar-refractivity contribution is -0.118. The highest BCUT2D eigenvalue weighted by atomic mass is 79.9. The zero-order chi connectivity index (χ0) is 15.9. The van der Waals surface area contributed by atoms with Gasteiger partial charge in [0.1, 0.15) is 5.82 Å². The highest BCUT2D eigenvalue weighted by Gasteiger charge is 2.05. The van der Waals surface area contributed by atoms with Gasteiger partial charge in [0.05, 0.1) is 5.75 Å². The average molecular weight is 382 g/mol. The van der Waals surface area contributed by atoms with E-state index in [4.69, 9.17) is 0 Å². The van der Waals surface area contributed by atoms with Crippen LogP contribution in [0.3, 0.4) is 0 Å². The van der Waals surface area contributed by atoms with Crippen molar-refractivity contribution in [1.82, 2.24) is 5.32 Å². The SMILES string of the molecule is Cc1ccc(CNC(=O)CSCc2ccc(F)cc2Br)cc1. The van der Waals surface area contributed by atoms with Crippen LogP contribution in [-0.4, -0.2) is 11.7 Å². The molecule has 22 heavy (non-hydrogen) atoms. The summed E-state index contributed by atoms with van der Waals surface area (Å²) in [6.07, 6.45) is 0. The normalized spacial score (nSPS) is 10.5. The molecular weight excluding hydrogens is 365 g/mol. The van der Waals surface area contributed by atoms with Crippen molar-refractivity contribution in [3.05, 3.63) is 69.4 Å². The van der Waals surface area contributed by atoms with E-state index in [0.717, 1.165) is 15.6 Å². The third-order valence-corrected chi connectivity index (χ3v) is 4.84. The van der Waals surface area contributed by atoms with Crippen molar-refractivity contribution in [3.63, 3.8) is 0 Å². The number of hydrogen-bond acceptors (Lipinski definition) is 2. The second-order valence-corrected chi connectivity index (χ2v) is 6.83. The van der Waals surface area contributed by atoms with Crippen LogP contribution in [0.25, 0.3) is 0 Å². The van der Waals surface area contributed by atoms with Crippen LogP contribution in [-0.2, 0) is 17.1 Å². The molecule has 2 aromatic carbocycles. The van der Waals surface area contributed by atoms with Gasteiger partial charge < -0.3 is 5.32 Å². The zero-order valence-corrected chi connectivity index (χ0v) is 14.6. The van der Waals surface area contributed by atoms with E-state index in [1.54, 1.807) is 6.07 Å². The molecule has 0 aliphatic heterocycles. The van der Waals surface area contributed by atoms with Crippen molar-refractivity contribution in [2.75, 3.05) is 5.75 Å². The fourth-order valence-electron chi connectivity index (χ4n) is 1.85. The first-order chi connectivity index (χ1) is 10.5. The van der Waals surface area contributed by atoms with E-state index < -0.39 is 0 Å². The molecule has 116 valence electrons. The van der Waals surface area contributed by atoms with Gasteiger partial charge in [0.25, 0.3) is 0 Å². The van der Waals surface area contributed by atoms with Gasteiger partial charge in [-0.3, -0.25) is 4.79 Å². The molecule has 0 aliphatic rings. The first-order valence-electron chi connectivity index (χ1n) is 6.88. The Labute approximate surface area is 142 Å². The fourth-order valence-corrected chi connectivity index (χ4v) is 3.39. The van der Waals surface area contributed by atoms with Crippen LogP contribution in [0, 0.1) is 12.7 Å². The van der Waals surface area contributed by atoms with Crippen LogP contribution in [0.15, 0.2) is 46.9 Å². The fraction of sp³-hybridized carbons (Fsp3) is 0.235. The van der Waals surface area contributed by atoms with Crippen molar-refractivity contribution >= 4 is 33.6 Å². The van der Waals surface area contributed by atoms with Crippen molar-refractivity contribution in [2.45, 2.75) is 19.2 Å². The number of hydrogen-bond donors (Lipinski definition) is 1. The number of nitrogens with one attached hydrogen (secondary N) is 1. The van der Waals surface area contributed by atoms with Crippen LogP contribution in [0.2, 0.25) is 0 Å². The number of halogens is 2. The van der Waals surface area contributed by atoms with Gasteiger partial charge in [-0.25, -0.2) is 4.39 Å². The predicted octanol–water partition coefficient (Wildman–Crippen LogP) is 4.45. The van der Waals surface area contributed by atoms with Crippen LogP contribution < -0.4 is 5.32 Å². The van der Waals surface area contributed by atoms with Crippen molar-refractivity contribution in [1.29, 1.82) is 0 Å². The molecular formula is C17H17BrFNOS. The summed E-state index contributed by atoms with van der Waals surface area (Å²) in [7, 11) is 0. The largest absolute Gasteiger partial charge is 0.351 e. The van der Waals surface area contributed by atoms with Crippen LogP contribution in [0.4, 0.5) is 4.39 Å². The molecule has 0 spiro atoms. The molecule has 0 radical (unpaired) electrons. The Hall–Kier alpha value is -1.33. The second kappa shape index (κ2) is 8.34. The second-order valence-electron chi connectivity index (χ2n) is 4.99. The van der Waals surface area contributed by atoms with Gasteiger partial charge in [0.2, 0.25) is 5.91 Å². The summed E-state index contributed by atoms with van der Waals surface area (Å²) >= 11 is 4.84. The summed E-state index contributed by atoms with van der Waals surface area (Å²) in [5.41, 5.74) is 3.28. The summed E-state index contributed by atoms with van der Waals surface area (Å²) in [4.78, 5) is 11.8. The van der Waals surface area contributed by atoms with E-state index in [1.807, 2.05) is 31.2 Å². The summed E-state index contributed by atoms with van der Waals surface area (Å²) < 4.78 is 13.7. The third-order valence-electron chi connectivity index (χ3n) is 3.12. The van der Waals surface area contributed by atoms with Crippen molar-refractivity contribution < 1.29 is 9.18 Å². The molecule has 0 fully saturated rings. The topological polar surface area (TPSA) is 29.1 Å². The molecule has 1 N–H and O–H groups in total. The minimum absolute atomic E-state index is 0.00353.